The molecule has 29 heavy (non-hydrogen) atoms. The van der Waals surface area contributed by atoms with Crippen molar-refractivity contribution in [1.82, 2.24) is 5.43 Å². The molecule has 1 aliphatic heterocycles. The predicted octanol–water partition coefficient (Wildman–Crippen LogP) is 5.40. The van der Waals surface area contributed by atoms with E-state index in [1.807, 2.05) is 66.7 Å². The zero-order valence-electron chi connectivity index (χ0n) is 15.6. The van der Waals surface area contributed by atoms with Crippen LogP contribution in [0.3, 0.4) is 0 Å². The number of benzene rings is 3. The summed E-state index contributed by atoms with van der Waals surface area (Å²) in [7, 11) is 0. The first kappa shape index (κ1) is 19.0. The van der Waals surface area contributed by atoms with Crippen molar-refractivity contribution in [3.63, 3.8) is 0 Å². The highest BCUT2D eigenvalue weighted by Gasteiger charge is 2.21. The summed E-state index contributed by atoms with van der Waals surface area (Å²) < 4.78 is 5.37. The minimum Gasteiger partial charge on any atom is -0.423 e. The van der Waals surface area contributed by atoms with E-state index in [1.165, 1.54) is 6.08 Å². The molecule has 1 aliphatic rings. The molecule has 3 aromatic rings. The number of rotatable bonds is 5. The second kappa shape index (κ2) is 8.76. The van der Waals surface area contributed by atoms with Crippen LogP contribution in [-0.2, 0) is 4.79 Å². The number of nitrogens with zero attached hydrogens (tertiary/aromatic N) is 1. The maximum atomic E-state index is 12.0. The molecule has 0 bridgehead atoms. The number of hydrazone groups is 1. The Morgan fingerprint density at radius 2 is 1.72 bits per heavy atom. The highest BCUT2D eigenvalue weighted by atomic mass is 35.5. The van der Waals surface area contributed by atoms with Crippen LogP contribution in [0.5, 0.6) is 5.75 Å². The quantitative estimate of drug-likeness (QED) is 0.353. The fraction of sp³-hybridized carbons (Fsp3) is 0.0833. The van der Waals surface area contributed by atoms with Crippen LogP contribution in [0.25, 0.3) is 6.08 Å². The first-order valence-corrected chi connectivity index (χ1v) is 9.68. The average molecular weight is 403 g/mol. The number of esters is 1. The number of hydrogen-bond donors (Lipinski definition) is 1. The van der Waals surface area contributed by atoms with Crippen molar-refractivity contribution < 1.29 is 9.53 Å². The van der Waals surface area contributed by atoms with E-state index in [9.17, 15) is 4.79 Å². The van der Waals surface area contributed by atoms with Gasteiger partial charge in [-0.25, -0.2) is 4.79 Å². The SMILES string of the molecule is O=C(/C=C\c1ccccc1)Oc1ccc(C2CC(c3ccc(Cl)cc3)=NN2)cc1. The highest BCUT2D eigenvalue weighted by molar-refractivity contribution is 6.30. The second-order valence-electron chi connectivity index (χ2n) is 6.69. The molecule has 0 amide bonds. The summed E-state index contributed by atoms with van der Waals surface area (Å²) in [6.45, 7) is 0. The van der Waals surface area contributed by atoms with E-state index in [2.05, 4.69) is 10.5 Å². The maximum absolute atomic E-state index is 12.0. The number of nitrogens with one attached hydrogen (secondary N) is 1. The van der Waals surface area contributed by atoms with Gasteiger partial charge in [-0.1, -0.05) is 66.2 Å². The van der Waals surface area contributed by atoms with E-state index in [-0.39, 0.29) is 6.04 Å². The molecule has 1 unspecified atom stereocenters. The van der Waals surface area contributed by atoms with Crippen LogP contribution >= 0.6 is 11.6 Å². The van der Waals surface area contributed by atoms with Crippen molar-refractivity contribution in [3.8, 4) is 5.75 Å². The summed E-state index contributed by atoms with van der Waals surface area (Å²) >= 11 is 5.95. The van der Waals surface area contributed by atoms with Gasteiger partial charge in [0.25, 0.3) is 0 Å². The van der Waals surface area contributed by atoms with Crippen LogP contribution in [0.2, 0.25) is 5.02 Å². The van der Waals surface area contributed by atoms with Crippen LogP contribution in [-0.4, -0.2) is 11.7 Å². The summed E-state index contributed by atoms with van der Waals surface area (Å²) in [5.74, 6) is 0.0993. The van der Waals surface area contributed by atoms with E-state index in [4.69, 9.17) is 16.3 Å². The summed E-state index contributed by atoms with van der Waals surface area (Å²) in [6, 6.07) is 24.9. The Kier molecular flexibility index (Phi) is 5.73. The van der Waals surface area contributed by atoms with Crippen molar-refractivity contribution in [2.24, 2.45) is 5.10 Å². The van der Waals surface area contributed by atoms with Crippen molar-refractivity contribution in [2.75, 3.05) is 0 Å². The molecule has 1 N–H and O–H groups in total. The van der Waals surface area contributed by atoms with Crippen LogP contribution in [0.1, 0.15) is 29.2 Å². The minimum atomic E-state index is -0.408. The number of hydrogen-bond acceptors (Lipinski definition) is 4. The molecule has 4 nitrogen and oxygen atoms in total. The molecule has 0 radical (unpaired) electrons. The van der Waals surface area contributed by atoms with E-state index >= 15 is 0 Å². The van der Waals surface area contributed by atoms with Crippen molar-refractivity contribution >= 4 is 29.4 Å². The highest BCUT2D eigenvalue weighted by Crippen LogP contribution is 2.26. The lowest BCUT2D eigenvalue weighted by atomic mass is 9.99. The predicted molar refractivity (Wildman–Crippen MR) is 116 cm³/mol. The topological polar surface area (TPSA) is 50.7 Å². The van der Waals surface area contributed by atoms with E-state index in [0.29, 0.717) is 10.8 Å². The largest absolute Gasteiger partial charge is 0.423 e. The Bertz CT molecular complexity index is 1040. The Hall–Kier alpha value is -3.37. The van der Waals surface area contributed by atoms with Gasteiger partial charge < -0.3 is 10.2 Å². The van der Waals surface area contributed by atoms with Crippen LogP contribution in [0.4, 0.5) is 0 Å². The molecular weight excluding hydrogens is 384 g/mol. The van der Waals surface area contributed by atoms with Gasteiger partial charge in [0.05, 0.1) is 11.8 Å². The van der Waals surface area contributed by atoms with E-state index < -0.39 is 5.97 Å². The third-order valence-electron chi connectivity index (χ3n) is 4.64. The van der Waals surface area contributed by atoms with Gasteiger partial charge in [0.15, 0.2) is 0 Å². The average Bonchev–Trinajstić information content (AvgIpc) is 3.24. The van der Waals surface area contributed by atoms with Gasteiger partial charge >= 0.3 is 5.97 Å². The Morgan fingerprint density at radius 3 is 2.45 bits per heavy atom. The molecule has 4 rings (SSSR count). The molecule has 0 saturated carbocycles. The Balaban J connectivity index is 1.34. The second-order valence-corrected chi connectivity index (χ2v) is 7.12. The monoisotopic (exact) mass is 402 g/mol. The fourth-order valence-corrected chi connectivity index (χ4v) is 3.23. The van der Waals surface area contributed by atoms with E-state index in [1.54, 1.807) is 18.2 Å². The molecule has 0 saturated heterocycles. The minimum absolute atomic E-state index is 0.0865. The van der Waals surface area contributed by atoms with Crippen molar-refractivity contribution in [3.05, 3.63) is 107 Å². The molecule has 0 aromatic heterocycles. The van der Waals surface area contributed by atoms with Gasteiger partial charge in [-0.3, -0.25) is 0 Å². The first-order chi connectivity index (χ1) is 14.2. The van der Waals surface area contributed by atoms with Gasteiger partial charge in [-0.15, -0.1) is 0 Å². The van der Waals surface area contributed by atoms with Crippen molar-refractivity contribution in [2.45, 2.75) is 12.5 Å². The number of ether oxygens (including phenoxy) is 1. The summed E-state index contributed by atoms with van der Waals surface area (Å²) in [5, 5.41) is 5.16. The third-order valence-corrected chi connectivity index (χ3v) is 4.89. The van der Waals surface area contributed by atoms with Crippen LogP contribution in [0, 0.1) is 0 Å². The molecule has 3 aromatic carbocycles. The lowest BCUT2D eigenvalue weighted by Gasteiger charge is -2.11. The first-order valence-electron chi connectivity index (χ1n) is 9.30. The summed E-state index contributed by atoms with van der Waals surface area (Å²) in [6.07, 6.45) is 3.93. The molecule has 5 heteroatoms. The fourth-order valence-electron chi connectivity index (χ4n) is 3.10. The van der Waals surface area contributed by atoms with Crippen molar-refractivity contribution in [1.29, 1.82) is 0 Å². The number of carbonyl (C=O) groups is 1. The van der Waals surface area contributed by atoms with Gasteiger partial charge in [0.1, 0.15) is 5.75 Å². The zero-order valence-corrected chi connectivity index (χ0v) is 16.3. The molecule has 1 atom stereocenters. The molecular formula is C24H19ClN2O2. The Labute approximate surface area is 174 Å². The third kappa shape index (κ3) is 4.92. The van der Waals surface area contributed by atoms with Gasteiger partial charge in [0.2, 0.25) is 0 Å². The lowest BCUT2D eigenvalue weighted by molar-refractivity contribution is -0.128. The van der Waals surface area contributed by atoms with E-state index in [0.717, 1.165) is 28.8 Å². The normalized spacial score (nSPS) is 15.8. The lowest BCUT2D eigenvalue weighted by Crippen LogP contribution is -2.10. The molecule has 0 spiro atoms. The Morgan fingerprint density at radius 1 is 1.00 bits per heavy atom. The zero-order chi connectivity index (χ0) is 20.1. The van der Waals surface area contributed by atoms with Gasteiger partial charge in [0, 0.05) is 17.5 Å². The molecule has 1 heterocycles. The van der Waals surface area contributed by atoms with Crippen LogP contribution in [0.15, 0.2) is 90.0 Å². The number of carbonyl (C=O) groups excluding carboxylic acids is 1. The van der Waals surface area contributed by atoms with Crippen LogP contribution < -0.4 is 10.2 Å². The van der Waals surface area contributed by atoms with Gasteiger partial charge in [-0.2, -0.15) is 5.10 Å². The standard InChI is InChI=1S/C24H19ClN2O2/c25-20-11-7-18(8-12-20)22-16-23(27-26-22)19-9-13-21(14-10-19)29-24(28)15-6-17-4-2-1-3-5-17/h1-15,23,27H,16H2/b15-6-. The summed E-state index contributed by atoms with van der Waals surface area (Å²) in [5.41, 5.74) is 7.25. The molecule has 144 valence electrons. The van der Waals surface area contributed by atoms with Gasteiger partial charge in [-0.05, 0) is 47.0 Å². The molecule has 0 fully saturated rings. The molecule has 0 aliphatic carbocycles. The number of halogens is 1. The smallest absolute Gasteiger partial charge is 0.336 e. The maximum Gasteiger partial charge on any atom is 0.336 e. The summed E-state index contributed by atoms with van der Waals surface area (Å²) in [4.78, 5) is 12.0.